The summed E-state index contributed by atoms with van der Waals surface area (Å²) in [6.45, 7) is 1.93. The van der Waals surface area contributed by atoms with Crippen molar-refractivity contribution in [3.63, 3.8) is 0 Å². The van der Waals surface area contributed by atoms with Crippen molar-refractivity contribution in [2.24, 2.45) is 0 Å². The molecule has 0 spiro atoms. The number of nitrogens with zero attached hydrogens (tertiary/aromatic N) is 1. The predicted octanol–water partition coefficient (Wildman–Crippen LogP) is 1.86. The third kappa shape index (κ3) is 5.47. The van der Waals surface area contributed by atoms with Crippen LogP contribution in [0.25, 0.3) is 0 Å². The summed E-state index contributed by atoms with van der Waals surface area (Å²) in [5, 5.41) is 16.0. The molecule has 2 amide bonds. The Morgan fingerprint density at radius 2 is 1.81 bits per heavy atom. The second-order valence-electron chi connectivity index (χ2n) is 6.81. The van der Waals surface area contributed by atoms with Crippen molar-refractivity contribution < 1.29 is 9.90 Å². The standard InChI is InChI=1S/C16H31N3O2/c1-19(14-7-3-4-8-14)12-11-17-15(20)18-13-16(21)9-5-2-6-10-16/h14,21H,2-13H2,1H3,(H2,17,18,20). The van der Waals surface area contributed by atoms with Crippen molar-refractivity contribution >= 4 is 6.03 Å². The molecule has 2 aliphatic carbocycles. The van der Waals surface area contributed by atoms with Crippen LogP contribution in [0.3, 0.4) is 0 Å². The summed E-state index contributed by atoms with van der Waals surface area (Å²) >= 11 is 0. The molecule has 0 bridgehead atoms. The van der Waals surface area contributed by atoms with E-state index in [0.717, 1.165) is 32.2 Å². The minimum absolute atomic E-state index is 0.158. The van der Waals surface area contributed by atoms with E-state index in [1.807, 2.05) is 0 Å². The second-order valence-corrected chi connectivity index (χ2v) is 6.81. The molecule has 0 aliphatic heterocycles. The molecule has 0 aromatic carbocycles. The zero-order valence-electron chi connectivity index (χ0n) is 13.4. The van der Waals surface area contributed by atoms with Gasteiger partial charge in [-0.3, -0.25) is 0 Å². The molecule has 0 saturated heterocycles. The molecule has 2 saturated carbocycles. The van der Waals surface area contributed by atoms with E-state index in [1.165, 1.54) is 32.1 Å². The first-order valence-electron chi connectivity index (χ1n) is 8.53. The summed E-state index contributed by atoms with van der Waals surface area (Å²) in [6.07, 6.45) is 10.2. The van der Waals surface area contributed by atoms with Crippen molar-refractivity contribution in [1.29, 1.82) is 0 Å². The summed E-state index contributed by atoms with van der Waals surface area (Å²) in [7, 11) is 2.14. The van der Waals surface area contributed by atoms with E-state index in [0.29, 0.717) is 19.1 Å². The van der Waals surface area contributed by atoms with Crippen molar-refractivity contribution in [3.8, 4) is 0 Å². The van der Waals surface area contributed by atoms with Crippen LogP contribution < -0.4 is 10.6 Å². The lowest BCUT2D eigenvalue weighted by molar-refractivity contribution is 0.00719. The largest absolute Gasteiger partial charge is 0.388 e. The molecule has 0 atom stereocenters. The fourth-order valence-electron chi connectivity index (χ4n) is 3.57. The van der Waals surface area contributed by atoms with E-state index in [1.54, 1.807) is 0 Å². The van der Waals surface area contributed by atoms with Gasteiger partial charge in [-0.1, -0.05) is 32.1 Å². The van der Waals surface area contributed by atoms with Gasteiger partial charge in [-0.2, -0.15) is 0 Å². The molecule has 3 N–H and O–H groups in total. The molecule has 21 heavy (non-hydrogen) atoms. The van der Waals surface area contributed by atoms with E-state index >= 15 is 0 Å². The number of rotatable bonds is 6. The molecule has 2 rings (SSSR count). The van der Waals surface area contributed by atoms with Crippen LogP contribution in [0.4, 0.5) is 4.79 Å². The highest BCUT2D eigenvalue weighted by atomic mass is 16.3. The zero-order valence-corrected chi connectivity index (χ0v) is 13.4. The van der Waals surface area contributed by atoms with Crippen LogP contribution in [-0.2, 0) is 0 Å². The predicted molar refractivity (Wildman–Crippen MR) is 84.3 cm³/mol. The van der Waals surface area contributed by atoms with Crippen molar-refractivity contribution in [2.75, 3.05) is 26.7 Å². The fraction of sp³-hybridized carbons (Fsp3) is 0.938. The minimum Gasteiger partial charge on any atom is -0.388 e. The third-order valence-corrected chi connectivity index (χ3v) is 5.06. The summed E-state index contributed by atoms with van der Waals surface area (Å²) in [4.78, 5) is 14.1. The van der Waals surface area contributed by atoms with Gasteiger partial charge < -0.3 is 20.6 Å². The second kappa shape index (κ2) is 7.99. The lowest BCUT2D eigenvalue weighted by atomic mass is 9.85. The maximum Gasteiger partial charge on any atom is 0.314 e. The van der Waals surface area contributed by atoms with E-state index in [-0.39, 0.29) is 6.03 Å². The number of carbonyl (C=O) groups excluding carboxylic acids is 1. The molecule has 0 heterocycles. The van der Waals surface area contributed by atoms with E-state index in [4.69, 9.17) is 0 Å². The Morgan fingerprint density at radius 1 is 1.14 bits per heavy atom. The van der Waals surface area contributed by atoms with E-state index in [2.05, 4.69) is 22.6 Å². The zero-order chi connectivity index (χ0) is 15.1. The SMILES string of the molecule is CN(CCNC(=O)NCC1(O)CCCCC1)C1CCCC1. The van der Waals surface area contributed by atoms with Crippen LogP contribution in [-0.4, -0.2) is 54.4 Å². The highest BCUT2D eigenvalue weighted by Crippen LogP contribution is 2.27. The lowest BCUT2D eigenvalue weighted by Gasteiger charge is -2.32. The van der Waals surface area contributed by atoms with Crippen LogP contribution in [0.2, 0.25) is 0 Å². The normalized spacial score (nSPS) is 22.4. The van der Waals surface area contributed by atoms with Crippen molar-refractivity contribution in [1.82, 2.24) is 15.5 Å². The lowest BCUT2D eigenvalue weighted by Crippen LogP contribution is -2.48. The molecule has 0 aromatic heterocycles. The molecular formula is C16H31N3O2. The first-order chi connectivity index (χ1) is 10.1. The molecule has 5 heteroatoms. The maximum absolute atomic E-state index is 11.8. The number of aliphatic hydroxyl groups is 1. The summed E-state index contributed by atoms with van der Waals surface area (Å²) in [5.41, 5.74) is -0.684. The van der Waals surface area contributed by atoms with Crippen LogP contribution in [0.1, 0.15) is 57.8 Å². The average Bonchev–Trinajstić information content (AvgIpc) is 3.00. The third-order valence-electron chi connectivity index (χ3n) is 5.06. The highest BCUT2D eigenvalue weighted by molar-refractivity contribution is 5.73. The van der Waals surface area contributed by atoms with Gasteiger partial charge in [-0.25, -0.2) is 4.79 Å². The van der Waals surface area contributed by atoms with Crippen LogP contribution >= 0.6 is 0 Å². The van der Waals surface area contributed by atoms with Crippen molar-refractivity contribution in [2.45, 2.75) is 69.4 Å². The Kier molecular flexibility index (Phi) is 6.30. The number of carbonyl (C=O) groups is 1. The van der Waals surface area contributed by atoms with Gasteiger partial charge in [0.25, 0.3) is 0 Å². The molecule has 2 aliphatic rings. The number of likely N-dealkylation sites (N-methyl/N-ethyl adjacent to an activating group) is 1. The quantitative estimate of drug-likeness (QED) is 0.701. The van der Waals surface area contributed by atoms with Gasteiger partial charge in [0.1, 0.15) is 0 Å². The van der Waals surface area contributed by atoms with Gasteiger partial charge in [0, 0.05) is 25.7 Å². The Labute approximate surface area is 128 Å². The van der Waals surface area contributed by atoms with Crippen molar-refractivity contribution in [3.05, 3.63) is 0 Å². The molecule has 122 valence electrons. The number of hydrogen-bond donors (Lipinski definition) is 3. The molecule has 2 fully saturated rings. The average molecular weight is 297 g/mol. The maximum atomic E-state index is 11.8. The Hall–Kier alpha value is -0.810. The molecule has 5 nitrogen and oxygen atoms in total. The Bertz CT molecular complexity index is 323. The van der Waals surface area contributed by atoms with Crippen LogP contribution in [0.5, 0.6) is 0 Å². The number of nitrogens with one attached hydrogen (secondary N) is 2. The topological polar surface area (TPSA) is 64.6 Å². The van der Waals surface area contributed by atoms with Gasteiger partial charge in [0.05, 0.1) is 5.60 Å². The van der Waals surface area contributed by atoms with E-state index < -0.39 is 5.60 Å². The minimum atomic E-state index is -0.684. The number of urea groups is 1. The monoisotopic (exact) mass is 297 g/mol. The molecule has 0 aromatic rings. The van der Waals surface area contributed by atoms with Gasteiger partial charge >= 0.3 is 6.03 Å². The summed E-state index contributed by atoms with van der Waals surface area (Å²) < 4.78 is 0. The summed E-state index contributed by atoms with van der Waals surface area (Å²) in [5.74, 6) is 0. The van der Waals surface area contributed by atoms with Crippen LogP contribution in [0.15, 0.2) is 0 Å². The van der Waals surface area contributed by atoms with Gasteiger partial charge in [-0.05, 0) is 32.7 Å². The Balaban J connectivity index is 1.56. The number of amides is 2. The molecule has 0 unspecified atom stereocenters. The van der Waals surface area contributed by atoms with Gasteiger partial charge in [0.2, 0.25) is 0 Å². The first kappa shape index (κ1) is 16.6. The Morgan fingerprint density at radius 3 is 2.48 bits per heavy atom. The highest BCUT2D eigenvalue weighted by Gasteiger charge is 2.29. The van der Waals surface area contributed by atoms with Crippen LogP contribution in [0, 0.1) is 0 Å². The summed E-state index contributed by atoms with van der Waals surface area (Å²) in [6, 6.07) is 0.534. The van der Waals surface area contributed by atoms with E-state index in [9.17, 15) is 9.90 Å². The molecular weight excluding hydrogens is 266 g/mol. The fourth-order valence-corrected chi connectivity index (χ4v) is 3.57. The molecule has 0 radical (unpaired) electrons. The smallest absolute Gasteiger partial charge is 0.314 e. The van der Waals surface area contributed by atoms with Gasteiger partial charge in [-0.15, -0.1) is 0 Å². The number of hydrogen-bond acceptors (Lipinski definition) is 3. The van der Waals surface area contributed by atoms with Gasteiger partial charge in [0.15, 0.2) is 0 Å². The first-order valence-corrected chi connectivity index (χ1v) is 8.53.